The number of rotatable bonds is 0. The van der Waals surface area contributed by atoms with Crippen LogP contribution < -0.4 is 5.32 Å². The number of anilines is 1. The summed E-state index contributed by atoms with van der Waals surface area (Å²) in [5.41, 5.74) is 2.58. The lowest BCUT2D eigenvalue weighted by atomic mass is 10.1. The van der Waals surface area contributed by atoms with Gasteiger partial charge < -0.3 is 5.32 Å². The Bertz CT molecular complexity index is 312. The smallest absolute Gasteiger partial charge is 0.0797 e. The fourth-order valence-corrected chi connectivity index (χ4v) is 1.77. The van der Waals surface area contributed by atoms with Gasteiger partial charge in [0.1, 0.15) is 0 Å². The molecule has 0 radical (unpaired) electrons. The fourth-order valence-electron chi connectivity index (χ4n) is 1.51. The Labute approximate surface area is 93.0 Å². The van der Waals surface area contributed by atoms with Gasteiger partial charge in [0.15, 0.2) is 0 Å². The Hall–Kier alpha value is -0.890. The first-order valence-electron chi connectivity index (χ1n) is 5.24. The fraction of sp³-hybridized carbons (Fsp3) is 0.417. The molecule has 2 rings (SSSR count). The zero-order valence-electron chi connectivity index (χ0n) is 8.84. The highest BCUT2D eigenvalue weighted by Gasteiger charge is 2.08. The van der Waals surface area contributed by atoms with E-state index in [4.69, 9.17) is 12.2 Å². The topological polar surface area (TPSA) is 12.0 Å². The van der Waals surface area contributed by atoms with Crippen molar-refractivity contribution in [3.8, 4) is 0 Å². The second-order valence-electron chi connectivity index (χ2n) is 3.06. The molecule has 1 aliphatic heterocycles. The summed E-state index contributed by atoms with van der Waals surface area (Å²) in [6.07, 6.45) is 3.33. The van der Waals surface area contributed by atoms with Crippen LogP contribution in [0.3, 0.4) is 0 Å². The van der Waals surface area contributed by atoms with E-state index in [9.17, 15) is 0 Å². The van der Waals surface area contributed by atoms with Gasteiger partial charge in [-0.05, 0) is 30.9 Å². The molecule has 0 amide bonds. The highest BCUT2D eigenvalue weighted by Crippen LogP contribution is 2.21. The molecule has 0 atom stereocenters. The number of nitrogens with one attached hydrogen (secondary N) is 1. The molecule has 0 aromatic heterocycles. The van der Waals surface area contributed by atoms with Crippen molar-refractivity contribution in [2.75, 3.05) is 5.32 Å². The molecule has 0 saturated carbocycles. The van der Waals surface area contributed by atoms with Crippen molar-refractivity contribution in [2.45, 2.75) is 33.1 Å². The predicted octanol–water partition coefficient (Wildman–Crippen LogP) is 4.03. The molecule has 0 unspecified atom stereocenters. The molecule has 1 N–H and O–H groups in total. The molecule has 78 valence electrons. The second kappa shape index (κ2) is 5.76. The van der Waals surface area contributed by atoms with Crippen LogP contribution in [0, 0.1) is 0 Å². The minimum Gasteiger partial charge on any atom is -0.350 e. The summed E-state index contributed by atoms with van der Waals surface area (Å²) in [5, 5.41) is 3.25. The van der Waals surface area contributed by atoms with Crippen LogP contribution >= 0.6 is 12.2 Å². The monoisotopic (exact) mass is 209 g/mol. The maximum Gasteiger partial charge on any atom is 0.0797 e. The van der Waals surface area contributed by atoms with E-state index in [0.29, 0.717) is 0 Å². The van der Waals surface area contributed by atoms with Crippen molar-refractivity contribution < 1.29 is 1.43 Å². The van der Waals surface area contributed by atoms with Crippen LogP contribution in [0.1, 0.15) is 33.7 Å². The van der Waals surface area contributed by atoms with E-state index < -0.39 is 0 Å². The summed E-state index contributed by atoms with van der Waals surface area (Å²) >= 11 is 5.16. The van der Waals surface area contributed by atoms with Crippen LogP contribution in [0.5, 0.6) is 0 Å². The molecule has 0 spiro atoms. The SMILES string of the molecule is CC.S=C1CCCc2ccccc2N1.[HH]. The minimum absolute atomic E-state index is 0. The van der Waals surface area contributed by atoms with E-state index in [1.165, 1.54) is 17.7 Å². The number of benzene rings is 1. The van der Waals surface area contributed by atoms with Crippen LogP contribution in [-0.2, 0) is 6.42 Å². The number of fused-ring (bicyclic) bond motifs is 1. The van der Waals surface area contributed by atoms with Gasteiger partial charge in [0, 0.05) is 7.11 Å². The van der Waals surface area contributed by atoms with Gasteiger partial charge in [0.25, 0.3) is 0 Å². The molecule has 0 saturated heterocycles. The van der Waals surface area contributed by atoms with Gasteiger partial charge in [0.05, 0.1) is 4.99 Å². The number of para-hydroxylation sites is 1. The lowest BCUT2D eigenvalue weighted by Gasteiger charge is -2.05. The predicted molar refractivity (Wildman–Crippen MR) is 69.1 cm³/mol. The number of aryl methyl sites for hydroxylation is 1. The molecule has 1 heterocycles. The van der Waals surface area contributed by atoms with Crippen LogP contribution in [0.15, 0.2) is 24.3 Å². The van der Waals surface area contributed by atoms with Crippen LogP contribution in [-0.4, -0.2) is 4.99 Å². The molecule has 0 fully saturated rings. The van der Waals surface area contributed by atoms with Gasteiger partial charge in [-0.15, -0.1) is 0 Å². The second-order valence-corrected chi connectivity index (χ2v) is 3.55. The summed E-state index contributed by atoms with van der Waals surface area (Å²) in [5.74, 6) is 0. The van der Waals surface area contributed by atoms with Crippen molar-refractivity contribution in [3.63, 3.8) is 0 Å². The average Bonchev–Trinajstić information content (AvgIpc) is 2.41. The zero-order valence-corrected chi connectivity index (χ0v) is 9.66. The summed E-state index contributed by atoms with van der Waals surface area (Å²) in [4.78, 5) is 0.972. The molecule has 0 aliphatic carbocycles. The largest absolute Gasteiger partial charge is 0.350 e. The third-order valence-electron chi connectivity index (χ3n) is 2.14. The van der Waals surface area contributed by atoms with Gasteiger partial charge in [-0.25, -0.2) is 0 Å². The third kappa shape index (κ3) is 2.81. The van der Waals surface area contributed by atoms with Crippen LogP contribution in [0.25, 0.3) is 0 Å². The van der Waals surface area contributed by atoms with E-state index in [2.05, 4.69) is 23.5 Å². The maximum absolute atomic E-state index is 5.16. The van der Waals surface area contributed by atoms with Gasteiger partial charge >= 0.3 is 0 Å². The van der Waals surface area contributed by atoms with Crippen molar-refractivity contribution in [3.05, 3.63) is 29.8 Å². The Morgan fingerprint density at radius 2 is 1.93 bits per heavy atom. The van der Waals surface area contributed by atoms with Crippen molar-refractivity contribution in [1.82, 2.24) is 0 Å². The molecular weight excluding hydrogens is 190 g/mol. The van der Waals surface area contributed by atoms with Crippen molar-refractivity contribution in [2.24, 2.45) is 0 Å². The lowest BCUT2D eigenvalue weighted by Crippen LogP contribution is -2.06. The highest BCUT2D eigenvalue weighted by molar-refractivity contribution is 7.80. The lowest BCUT2D eigenvalue weighted by molar-refractivity contribution is 0.884. The first-order valence-corrected chi connectivity index (χ1v) is 5.65. The molecule has 1 aliphatic rings. The first-order chi connectivity index (χ1) is 6.86. The van der Waals surface area contributed by atoms with E-state index >= 15 is 0 Å². The Morgan fingerprint density at radius 3 is 2.71 bits per heavy atom. The van der Waals surface area contributed by atoms with Crippen molar-refractivity contribution in [1.29, 1.82) is 0 Å². The van der Waals surface area contributed by atoms with E-state index in [1.54, 1.807) is 0 Å². The highest BCUT2D eigenvalue weighted by atomic mass is 32.1. The molecule has 1 aromatic carbocycles. The number of thiocarbonyl (C=S) groups is 1. The van der Waals surface area contributed by atoms with Gasteiger partial charge in [-0.1, -0.05) is 44.3 Å². The summed E-state index contributed by atoms with van der Waals surface area (Å²) < 4.78 is 0. The normalized spacial score (nSPS) is 14.3. The Kier molecular flexibility index (Phi) is 4.60. The quantitative estimate of drug-likeness (QED) is 0.647. The first kappa shape index (κ1) is 11.2. The zero-order chi connectivity index (χ0) is 10.4. The van der Waals surface area contributed by atoms with E-state index in [0.717, 1.165) is 17.8 Å². The Balaban J connectivity index is 0.000000617. The average molecular weight is 209 g/mol. The number of hydrogen-bond donors (Lipinski definition) is 1. The van der Waals surface area contributed by atoms with Gasteiger partial charge in [-0.2, -0.15) is 0 Å². The van der Waals surface area contributed by atoms with Gasteiger partial charge in [0.2, 0.25) is 0 Å². The summed E-state index contributed by atoms with van der Waals surface area (Å²) in [7, 11) is 0. The molecule has 14 heavy (non-hydrogen) atoms. The maximum atomic E-state index is 5.16. The standard InChI is InChI=1S/C10H11NS.C2H6.H2/c12-10-7-3-5-8-4-1-2-6-9(8)11-10;1-2;/h1-2,4,6H,3,5,7H2,(H,11,12);1-2H3;1H. The molecule has 2 heteroatoms. The molecular formula is C12H19NS. The molecule has 1 nitrogen and oxygen atoms in total. The summed E-state index contributed by atoms with van der Waals surface area (Å²) in [6.45, 7) is 4.00. The van der Waals surface area contributed by atoms with E-state index in [-0.39, 0.29) is 1.43 Å². The summed E-state index contributed by atoms with van der Waals surface area (Å²) in [6, 6.07) is 8.37. The molecule has 0 bridgehead atoms. The minimum atomic E-state index is 0. The van der Waals surface area contributed by atoms with Crippen molar-refractivity contribution >= 4 is 22.9 Å². The van der Waals surface area contributed by atoms with Gasteiger partial charge in [-0.3, -0.25) is 0 Å². The Morgan fingerprint density at radius 1 is 1.21 bits per heavy atom. The van der Waals surface area contributed by atoms with Crippen LogP contribution in [0.2, 0.25) is 0 Å². The number of hydrogen-bond acceptors (Lipinski definition) is 1. The molecule has 1 aromatic rings. The van der Waals surface area contributed by atoms with Crippen LogP contribution in [0.4, 0.5) is 5.69 Å². The third-order valence-corrected chi connectivity index (χ3v) is 2.45. The van der Waals surface area contributed by atoms with E-state index in [1.807, 2.05) is 19.9 Å².